The first-order chi connectivity index (χ1) is 5.95. The lowest BCUT2D eigenvalue weighted by Crippen LogP contribution is -2.58. The Kier molecular flexibility index (Phi) is 2.77. The number of ether oxygens (including phenoxy) is 1. The number of carboxylic acids is 1. The summed E-state index contributed by atoms with van der Waals surface area (Å²) < 4.78 is 4.67. The largest absolute Gasteiger partial charge is 0.479 e. The smallest absolute Gasteiger partial charge is 0.335 e. The minimum absolute atomic E-state index is 1.06. The molecule has 0 bridgehead atoms. The summed E-state index contributed by atoms with van der Waals surface area (Å²) in [4.78, 5) is 10.5. The van der Waals surface area contributed by atoms with Gasteiger partial charge in [-0.3, -0.25) is 0 Å². The second-order valence-electron chi connectivity index (χ2n) is 2.91. The maximum Gasteiger partial charge on any atom is 0.335 e. The van der Waals surface area contributed by atoms with Crippen molar-refractivity contribution < 1.29 is 30.0 Å². The molecule has 5 atom stereocenters. The third kappa shape index (κ3) is 1.75. The van der Waals surface area contributed by atoms with E-state index in [0.717, 1.165) is 0 Å². The third-order valence-electron chi connectivity index (χ3n) is 1.96. The van der Waals surface area contributed by atoms with Gasteiger partial charge < -0.3 is 25.2 Å². The van der Waals surface area contributed by atoms with Crippen LogP contribution in [-0.2, 0) is 9.53 Å². The van der Waals surface area contributed by atoms with E-state index in [1.165, 1.54) is 0 Å². The molecule has 0 aromatic rings. The Bertz CT molecular complexity index is 205. The lowest BCUT2D eigenvalue weighted by atomic mass is 9.96. The molecule has 0 radical (unpaired) electrons. The molecule has 74 valence electrons. The first kappa shape index (κ1) is 10.3. The summed E-state index contributed by atoms with van der Waals surface area (Å²) in [5, 5.41) is 36.0. The molecule has 0 aromatic heterocycles. The Hall–Kier alpha value is -0.820. The highest BCUT2D eigenvalue weighted by Gasteiger charge is 2.47. The maximum absolute atomic E-state index is 10.5. The normalized spacial score (nSPS) is 45.9. The molecule has 6 nitrogen and oxygen atoms in total. The van der Waals surface area contributed by atoms with Gasteiger partial charge in [-0.05, 0) is 0 Å². The number of carbonyl (C=O) groups is 1. The lowest BCUT2D eigenvalue weighted by molar-refractivity contribution is -0.218. The average molecular weight is 191 g/mol. The van der Waals surface area contributed by atoms with Crippen molar-refractivity contribution in [2.45, 2.75) is 30.5 Å². The van der Waals surface area contributed by atoms with Gasteiger partial charge in [-0.25, -0.2) is 4.79 Å². The van der Waals surface area contributed by atoms with Gasteiger partial charge in [-0.1, -0.05) is 0 Å². The summed E-state index contributed by atoms with van der Waals surface area (Å²) in [7, 11) is 0. The van der Waals surface area contributed by atoms with Crippen LogP contribution in [0.15, 0.2) is 0 Å². The standard InChI is InChI=1S/C7H10O6/c1-2-3(8)4(9)5(10)6(13-2)7(11)12/h2-6,8-10H,1H2/p+1/t2-,3+,4?,5-,6?/m1/s1. The Balaban J connectivity index is 2.76. The van der Waals surface area contributed by atoms with E-state index in [-0.39, 0.29) is 0 Å². The van der Waals surface area contributed by atoms with Crippen molar-refractivity contribution in [1.82, 2.24) is 0 Å². The van der Waals surface area contributed by atoms with Crippen molar-refractivity contribution in [3.05, 3.63) is 6.92 Å². The van der Waals surface area contributed by atoms with Crippen LogP contribution in [0.25, 0.3) is 0 Å². The Morgan fingerprint density at radius 2 is 1.69 bits per heavy atom. The van der Waals surface area contributed by atoms with Gasteiger partial charge in [0.2, 0.25) is 6.10 Å². The number of rotatable bonds is 1. The molecule has 1 aliphatic rings. The molecule has 4 N–H and O–H groups in total. The first-order valence-electron chi connectivity index (χ1n) is 3.70. The van der Waals surface area contributed by atoms with E-state index < -0.39 is 36.5 Å². The van der Waals surface area contributed by atoms with E-state index in [1.54, 1.807) is 0 Å². The highest BCUT2D eigenvalue weighted by atomic mass is 16.6. The van der Waals surface area contributed by atoms with Crippen molar-refractivity contribution in [3.63, 3.8) is 0 Å². The van der Waals surface area contributed by atoms with E-state index in [4.69, 9.17) is 20.4 Å². The number of hydrogen-bond acceptors (Lipinski definition) is 5. The summed E-state index contributed by atoms with van der Waals surface area (Å²) in [6, 6.07) is 0. The molecule has 0 aliphatic carbocycles. The Morgan fingerprint density at radius 3 is 2.15 bits per heavy atom. The zero-order chi connectivity index (χ0) is 10.2. The summed E-state index contributed by atoms with van der Waals surface area (Å²) in [5.74, 6) is -1.40. The molecule has 0 saturated carbocycles. The van der Waals surface area contributed by atoms with Gasteiger partial charge in [0.25, 0.3) is 0 Å². The quantitative estimate of drug-likeness (QED) is 0.349. The van der Waals surface area contributed by atoms with Crippen LogP contribution in [-0.4, -0.2) is 56.9 Å². The third-order valence-corrected chi connectivity index (χ3v) is 1.96. The van der Waals surface area contributed by atoms with E-state index in [0.29, 0.717) is 0 Å². The summed E-state index contributed by atoms with van der Waals surface area (Å²) >= 11 is 0. The fourth-order valence-electron chi connectivity index (χ4n) is 1.15. The lowest BCUT2D eigenvalue weighted by Gasteiger charge is -2.34. The number of carboxylic acid groups (broad SMARTS) is 1. The van der Waals surface area contributed by atoms with Crippen molar-refractivity contribution >= 4 is 5.97 Å². The molecular weight excluding hydrogens is 180 g/mol. The van der Waals surface area contributed by atoms with Crippen LogP contribution in [0.5, 0.6) is 0 Å². The van der Waals surface area contributed by atoms with Crippen LogP contribution >= 0.6 is 0 Å². The van der Waals surface area contributed by atoms with Crippen LogP contribution in [0.3, 0.4) is 0 Å². The molecule has 1 heterocycles. The zero-order valence-corrected chi connectivity index (χ0v) is 6.70. The van der Waals surface area contributed by atoms with E-state index in [1.807, 2.05) is 0 Å². The van der Waals surface area contributed by atoms with Gasteiger partial charge in [0.1, 0.15) is 12.2 Å². The van der Waals surface area contributed by atoms with Crippen LogP contribution in [0.4, 0.5) is 0 Å². The Morgan fingerprint density at radius 1 is 1.15 bits per heavy atom. The van der Waals surface area contributed by atoms with Crippen LogP contribution in [0.1, 0.15) is 0 Å². The van der Waals surface area contributed by atoms with E-state index >= 15 is 0 Å². The zero-order valence-electron chi connectivity index (χ0n) is 6.70. The van der Waals surface area contributed by atoms with Gasteiger partial charge >= 0.3 is 5.97 Å². The van der Waals surface area contributed by atoms with Crippen LogP contribution < -0.4 is 0 Å². The second-order valence-corrected chi connectivity index (χ2v) is 2.91. The predicted octanol–water partition coefficient (Wildman–Crippen LogP) is -2.24. The number of aliphatic hydroxyl groups is 3. The molecule has 0 aromatic carbocycles. The summed E-state index contributed by atoms with van der Waals surface area (Å²) in [6.07, 6.45) is -7.14. The topological polar surface area (TPSA) is 107 Å². The van der Waals surface area contributed by atoms with Gasteiger partial charge in [-0.15, -0.1) is 0 Å². The minimum Gasteiger partial charge on any atom is -0.479 e. The number of hydrogen-bond donors (Lipinski definition) is 4. The van der Waals surface area contributed by atoms with Gasteiger partial charge in [-0.2, -0.15) is 0 Å². The molecule has 1 rings (SSSR count). The molecule has 1 saturated heterocycles. The molecule has 13 heavy (non-hydrogen) atoms. The summed E-state index contributed by atoms with van der Waals surface area (Å²) in [5.41, 5.74) is 0. The molecule has 1 fully saturated rings. The monoisotopic (exact) mass is 191 g/mol. The summed E-state index contributed by atoms with van der Waals surface area (Å²) in [6.45, 7) is 3.29. The predicted molar refractivity (Wildman–Crippen MR) is 39.7 cm³/mol. The number of aliphatic carboxylic acids is 1. The van der Waals surface area contributed by atoms with Gasteiger partial charge in [0.15, 0.2) is 12.2 Å². The second kappa shape index (κ2) is 3.51. The molecule has 0 amide bonds. The van der Waals surface area contributed by atoms with E-state index in [9.17, 15) is 4.79 Å². The first-order valence-corrected chi connectivity index (χ1v) is 3.70. The van der Waals surface area contributed by atoms with Crippen molar-refractivity contribution in [1.29, 1.82) is 0 Å². The van der Waals surface area contributed by atoms with E-state index in [2.05, 4.69) is 11.7 Å². The number of aliphatic hydroxyl groups excluding tert-OH is 3. The van der Waals surface area contributed by atoms with Crippen molar-refractivity contribution in [2.24, 2.45) is 0 Å². The Labute approximate surface area is 74.4 Å². The molecule has 6 heteroatoms. The van der Waals surface area contributed by atoms with Gasteiger partial charge in [0, 0.05) is 0 Å². The van der Waals surface area contributed by atoms with Crippen molar-refractivity contribution in [2.75, 3.05) is 0 Å². The van der Waals surface area contributed by atoms with Gasteiger partial charge in [0.05, 0.1) is 6.92 Å². The average Bonchev–Trinajstić information content (AvgIpc) is 2.07. The molecule has 0 spiro atoms. The van der Waals surface area contributed by atoms with Crippen LogP contribution in [0, 0.1) is 6.92 Å². The minimum atomic E-state index is -1.63. The fourth-order valence-corrected chi connectivity index (χ4v) is 1.15. The SMILES string of the molecule is [CH2+][C@H]1OC(C(=O)O)[C@H](O)C(O)[C@H]1O. The van der Waals surface area contributed by atoms with Crippen LogP contribution in [0.2, 0.25) is 0 Å². The molecule has 2 unspecified atom stereocenters. The van der Waals surface area contributed by atoms with Crippen molar-refractivity contribution in [3.8, 4) is 0 Å². The highest BCUT2D eigenvalue weighted by Crippen LogP contribution is 2.20. The molecule has 1 aliphatic heterocycles. The fraction of sp³-hybridized carbons (Fsp3) is 0.714. The maximum atomic E-state index is 10.5. The highest BCUT2D eigenvalue weighted by molar-refractivity contribution is 5.73. The molecular formula is C7H11O6+.